The highest BCUT2D eigenvalue weighted by Crippen LogP contribution is 2.28. The molecule has 0 unspecified atom stereocenters. The van der Waals surface area contributed by atoms with Crippen molar-refractivity contribution in [3.8, 4) is 11.6 Å². The van der Waals surface area contributed by atoms with Gasteiger partial charge in [0.2, 0.25) is 0 Å². The topological polar surface area (TPSA) is 98.2 Å². The summed E-state index contributed by atoms with van der Waals surface area (Å²) in [6.07, 6.45) is 2.49. The molecule has 150 valence electrons. The average Bonchev–Trinajstić information content (AvgIpc) is 2.63. The number of ether oxygens (including phenoxy) is 1. The number of hydrogen-bond acceptors (Lipinski definition) is 6. The van der Waals surface area contributed by atoms with Crippen molar-refractivity contribution in [2.45, 2.75) is 18.7 Å². The van der Waals surface area contributed by atoms with Gasteiger partial charge < -0.3 is 10.1 Å². The van der Waals surface area contributed by atoms with Crippen LogP contribution in [0.25, 0.3) is 0 Å². The molecule has 2 aromatic carbocycles. The minimum Gasteiger partial charge on any atom is -0.437 e. The highest BCUT2D eigenvalue weighted by molar-refractivity contribution is 7.90. The minimum atomic E-state index is -3.42. The molecule has 7 nitrogen and oxygen atoms in total. The summed E-state index contributed by atoms with van der Waals surface area (Å²) >= 11 is 0. The van der Waals surface area contributed by atoms with E-state index in [0.29, 0.717) is 22.6 Å². The lowest BCUT2D eigenvalue weighted by Gasteiger charge is -2.13. The van der Waals surface area contributed by atoms with E-state index in [4.69, 9.17) is 4.74 Å². The number of rotatable bonds is 5. The predicted molar refractivity (Wildman–Crippen MR) is 105 cm³/mol. The molecule has 0 aliphatic heterocycles. The number of halogens is 1. The number of aryl methyl sites for hydroxylation is 2. The second-order valence-electron chi connectivity index (χ2n) is 6.47. The van der Waals surface area contributed by atoms with Gasteiger partial charge in [0.1, 0.15) is 17.1 Å². The van der Waals surface area contributed by atoms with E-state index in [1.807, 2.05) is 0 Å². The van der Waals surface area contributed by atoms with Crippen molar-refractivity contribution in [1.82, 2.24) is 10.2 Å². The van der Waals surface area contributed by atoms with E-state index >= 15 is 0 Å². The SMILES string of the molecule is Cc1cc(F)ccc1Oc1nncc(C)c1C(=O)Nc1cccc(S(C)(=O)=O)c1. The molecule has 0 saturated heterocycles. The monoisotopic (exact) mass is 415 g/mol. The number of anilines is 1. The molecule has 3 rings (SSSR count). The first-order valence-corrected chi connectivity index (χ1v) is 10.4. The van der Waals surface area contributed by atoms with Crippen LogP contribution < -0.4 is 10.1 Å². The van der Waals surface area contributed by atoms with Crippen LogP contribution in [0.5, 0.6) is 11.6 Å². The standard InChI is InChI=1S/C20H18FN3O4S/c1-12-9-14(21)7-8-17(12)28-20-18(13(2)11-22-24-20)19(25)23-15-5-4-6-16(10-15)29(3,26)27/h4-11H,1-3H3,(H,23,25). The van der Waals surface area contributed by atoms with Crippen LogP contribution >= 0.6 is 0 Å². The summed E-state index contributed by atoms with van der Waals surface area (Å²) < 4.78 is 42.5. The summed E-state index contributed by atoms with van der Waals surface area (Å²) in [7, 11) is -3.42. The lowest BCUT2D eigenvalue weighted by atomic mass is 10.1. The minimum absolute atomic E-state index is 0.0449. The van der Waals surface area contributed by atoms with Gasteiger partial charge in [0.25, 0.3) is 11.8 Å². The molecule has 0 atom stereocenters. The quantitative estimate of drug-likeness (QED) is 0.683. The molecule has 0 radical (unpaired) electrons. The molecule has 0 fully saturated rings. The van der Waals surface area contributed by atoms with Gasteiger partial charge in [-0.25, -0.2) is 12.8 Å². The molecule has 1 heterocycles. The Balaban J connectivity index is 1.93. The van der Waals surface area contributed by atoms with Crippen LogP contribution in [-0.4, -0.2) is 30.8 Å². The van der Waals surface area contributed by atoms with Gasteiger partial charge in [0.15, 0.2) is 9.84 Å². The number of benzene rings is 2. The molecule has 0 aliphatic rings. The molecule has 1 amide bonds. The second-order valence-corrected chi connectivity index (χ2v) is 8.49. The number of hydrogen-bond donors (Lipinski definition) is 1. The lowest BCUT2D eigenvalue weighted by Crippen LogP contribution is -2.16. The smallest absolute Gasteiger partial charge is 0.261 e. The Morgan fingerprint density at radius 1 is 1.10 bits per heavy atom. The van der Waals surface area contributed by atoms with Gasteiger partial charge >= 0.3 is 0 Å². The molecule has 29 heavy (non-hydrogen) atoms. The molecule has 0 aliphatic carbocycles. The van der Waals surface area contributed by atoms with Crippen LogP contribution in [0.4, 0.5) is 10.1 Å². The van der Waals surface area contributed by atoms with Crippen LogP contribution in [0.1, 0.15) is 21.5 Å². The first-order valence-electron chi connectivity index (χ1n) is 8.53. The number of nitrogens with one attached hydrogen (secondary N) is 1. The maximum absolute atomic E-state index is 13.3. The van der Waals surface area contributed by atoms with Crippen molar-refractivity contribution in [2.75, 3.05) is 11.6 Å². The summed E-state index contributed by atoms with van der Waals surface area (Å²) in [5.74, 6) is -0.664. The van der Waals surface area contributed by atoms with E-state index in [1.54, 1.807) is 19.9 Å². The van der Waals surface area contributed by atoms with Crippen LogP contribution in [-0.2, 0) is 9.84 Å². The average molecular weight is 415 g/mol. The molecule has 0 bridgehead atoms. The number of carbonyl (C=O) groups excluding carboxylic acids is 1. The summed E-state index contributed by atoms with van der Waals surface area (Å²) in [4.78, 5) is 13.0. The fraction of sp³-hybridized carbons (Fsp3) is 0.150. The third-order valence-corrected chi connectivity index (χ3v) is 5.21. The van der Waals surface area contributed by atoms with Crippen molar-refractivity contribution in [3.63, 3.8) is 0 Å². The first-order chi connectivity index (χ1) is 13.6. The molecule has 1 N–H and O–H groups in total. The van der Waals surface area contributed by atoms with Gasteiger partial charge in [-0.15, -0.1) is 5.10 Å². The molecule has 3 aromatic rings. The van der Waals surface area contributed by atoms with Gasteiger partial charge in [0.05, 0.1) is 11.1 Å². The third kappa shape index (κ3) is 4.75. The summed E-state index contributed by atoms with van der Waals surface area (Å²) in [6, 6.07) is 9.88. The molecular formula is C20H18FN3O4S. The predicted octanol–water partition coefficient (Wildman–Crippen LogP) is 3.68. The highest BCUT2D eigenvalue weighted by Gasteiger charge is 2.20. The van der Waals surface area contributed by atoms with Gasteiger partial charge in [-0.2, -0.15) is 5.10 Å². The van der Waals surface area contributed by atoms with Crippen molar-refractivity contribution in [1.29, 1.82) is 0 Å². The number of amides is 1. The van der Waals surface area contributed by atoms with E-state index in [-0.39, 0.29) is 16.3 Å². The lowest BCUT2D eigenvalue weighted by molar-refractivity contribution is 0.102. The van der Waals surface area contributed by atoms with Crippen molar-refractivity contribution in [2.24, 2.45) is 0 Å². The number of aromatic nitrogens is 2. The Hall–Kier alpha value is -3.33. The van der Waals surface area contributed by atoms with Gasteiger partial charge in [-0.1, -0.05) is 6.07 Å². The fourth-order valence-electron chi connectivity index (χ4n) is 2.63. The van der Waals surface area contributed by atoms with Gasteiger partial charge in [-0.05, 0) is 61.4 Å². The summed E-state index contributed by atoms with van der Waals surface area (Å²) in [6.45, 7) is 3.33. The maximum atomic E-state index is 13.3. The number of sulfone groups is 1. The summed E-state index contributed by atoms with van der Waals surface area (Å²) in [5.41, 5.74) is 1.47. The Labute approximate surface area is 167 Å². The Morgan fingerprint density at radius 3 is 2.55 bits per heavy atom. The van der Waals surface area contributed by atoms with Crippen molar-refractivity contribution in [3.05, 3.63) is 71.2 Å². The molecule has 0 saturated carbocycles. The van der Waals surface area contributed by atoms with Crippen molar-refractivity contribution >= 4 is 21.4 Å². The fourth-order valence-corrected chi connectivity index (χ4v) is 3.30. The van der Waals surface area contributed by atoms with Gasteiger partial charge in [0, 0.05) is 11.9 Å². The summed E-state index contributed by atoms with van der Waals surface area (Å²) in [5, 5.41) is 10.4. The molecule has 0 spiro atoms. The number of nitrogens with zero attached hydrogens (tertiary/aromatic N) is 2. The molecular weight excluding hydrogens is 397 g/mol. The second kappa shape index (κ2) is 7.96. The molecule has 9 heteroatoms. The normalized spacial score (nSPS) is 11.2. The van der Waals surface area contributed by atoms with E-state index < -0.39 is 21.6 Å². The van der Waals surface area contributed by atoms with Crippen LogP contribution in [0.3, 0.4) is 0 Å². The van der Waals surface area contributed by atoms with E-state index in [0.717, 1.165) is 6.26 Å². The Bertz CT molecular complexity index is 1200. The largest absolute Gasteiger partial charge is 0.437 e. The zero-order valence-corrected chi connectivity index (χ0v) is 16.7. The zero-order valence-electron chi connectivity index (χ0n) is 15.9. The van der Waals surface area contributed by atoms with E-state index in [9.17, 15) is 17.6 Å². The zero-order chi connectivity index (χ0) is 21.2. The Kier molecular flexibility index (Phi) is 5.60. The van der Waals surface area contributed by atoms with E-state index in [1.165, 1.54) is 42.6 Å². The molecule has 1 aromatic heterocycles. The van der Waals surface area contributed by atoms with Crippen LogP contribution in [0.15, 0.2) is 53.6 Å². The number of carbonyl (C=O) groups is 1. The highest BCUT2D eigenvalue weighted by atomic mass is 32.2. The van der Waals surface area contributed by atoms with Crippen molar-refractivity contribution < 1.29 is 22.3 Å². The third-order valence-electron chi connectivity index (χ3n) is 4.10. The van der Waals surface area contributed by atoms with Crippen LogP contribution in [0, 0.1) is 19.7 Å². The van der Waals surface area contributed by atoms with Crippen LogP contribution in [0.2, 0.25) is 0 Å². The van der Waals surface area contributed by atoms with Gasteiger partial charge in [-0.3, -0.25) is 4.79 Å². The first kappa shape index (κ1) is 20.4. The van der Waals surface area contributed by atoms with E-state index in [2.05, 4.69) is 15.5 Å². The maximum Gasteiger partial charge on any atom is 0.261 e. The Morgan fingerprint density at radius 2 is 1.86 bits per heavy atom.